The van der Waals surface area contributed by atoms with Crippen LogP contribution in [0.15, 0.2) is 47.0 Å². The first-order valence-electron chi connectivity index (χ1n) is 4.18. The molecule has 0 saturated carbocycles. The van der Waals surface area contributed by atoms with Crippen molar-refractivity contribution in [2.24, 2.45) is 0 Å². The van der Waals surface area contributed by atoms with E-state index in [0.717, 1.165) is 9.92 Å². The zero-order valence-corrected chi connectivity index (χ0v) is 8.48. The predicted molar refractivity (Wildman–Crippen MR) is 55.1 cm³/mol. The van der Waals surface area contributed by atoms with Gasteiger partial charge in [-0.15, -0.1) is 0 Å². The molecule has 0 aliphatic rings. The summed E-state index contributed by atoms with van der Waals surface area (Å²) < 4.78 is 0. The van der Waals surface area contributed by atoms with E-state index in [1.165, 1.54) is 11.8 Å². The molecule has 2 aromatic heterocycles. The molecule has 0 aliphatic heterocycles. The van der Waals surface area contributed by atoms with E-state index < -0.39 is 0 Å². The zero-order chi connectivity index (χ0) is 10.5. The maximum atomic E-state index is 8.87. The molecule has 72 valence electrons. The van der Waals surface area contributed by atoms with Crippen LogP contribution in [0.5, 0.6) is 0 Å². The van der Waals surface area contributed by atoms with E-state index in [1.807, 2.05) is 0 Å². The van der Waals surface area contributed by atoms with E-state index in [0.29, 0.717) is 5.56 Å². The van der Waals surface area contributed by atoms with Crippen molar-refractivity contribution in [3.05, 3.63) is 42.6 Å². The van der Waals surface area contributed by atoms with Crippen molar-refractivity contribution in [1.82, 2.24) is 15.0 Å². The van der Waals surface area contributed by atoms with E-state index in [4.69, 9.17) is 5.26 Å². The Morgan fingerprint density at radius 1 is 1.13 bits per heavy atom. The van der Waals surface area contributed by atoms with Crippen molar-refractivity contribution >= 4 is 11.8 Å². The molecule has 0 fully saturated rings. The van der Waals surface area contributed by atoms with Crippen LogP contribution in [0.1, 0.15) is 5.56 Å². The molecule has 0 unspecified atom stereocenters. The number of pyridine rings is 1. The lowest BCUT2D eigenvalue weighted by Gasteiger charge is -2.00. The highest BCUT2D eigenvalue weighted by atomic mass is 32.2. The van der Waals surface area contributed by atoms with Gasteiger partial charge in [-0.2, -0.15) is 5.26 Å². The smallest absolute Gasteiger partial charge is 0.119 e. The Kier molecular flexibility index (Phi) is 2.90. The largest absolute Gasteiger partial charge is 0.263 e. The normalized spacial score (nSPS) is 9.53. The number of nitriles is 1. The fourth-order valence-electron chi connectivity index (χ4n) is 1.00. The Morgan fingerprint density at radius 3 is 2.73 bits per heavy atom. The molecule has 4 nitrogen and oxygen atoms in total. The van der Waals surface area contributed by atoms with Crippen molar-refractivity contribution in [2.75, 3.05) is 0 Å². The molecule has 2 heterocycles. The minimum Gasteiger partial charge on any atom is -0.263 e. The first-order chi connectivity index (χ1) is 7.40. The van der Waals surface area contributed by atoms with E-state index in [-0.39, 0.29) is 0 Å². The Morgan fingerprint density at radius 2 is 2.00 bits per heavy atom. The number of hydrogen-bond donors (Lipinski definition) is 0. The molecule has 0 aliphatic carbocycles. The summed E-state index contributed by atoms with van der Waals surface area (Å²) in [6.45, 7) is 0. The topological polar surface area (TPSA) is 62.5 Å². The monoisotopic (exact) mass is 214 g/mol. The molecule has 15 heavy (non-hydrogen) atoms. The van der Waals surface area contributed by atoms with E-state index in [9.17, 15) is 0 Å². The minimum absolute atomic E-state index is 0.598. The molecule has 0 saturated heterocycles. The van der Waals surface area contributed by atoms with E-state index >= 15 is 0 Å². The molecule has 0 amide bonds. The fraction of sp³-hybridized carbons (Fsp3) is 0. The van der Waals surface area contributed by atoms with Crippen molar-refractivity contribution in [2.45, 2.75) is 9.92 Å². The van der Waals surface area contributed by atoms with Crippen LogP contribution in [0, 0.1) is 11.3 Å². The summed E-state index contributed by atoms with van der Waals surface area (Å²) >= 11 is 1.38. The lowest BCUT2D eigenvalue weighted by molar-refractivity contribution is 1.05. The predicted octanol–water partition coefficient (Wildman–Crippen LogP) is 1.89. The number of nitrogens with zero attached hydrogens (tertiary/aromatic N) is 4. The van der Waals surface area contributed by atoms with Gasteiger partial charge in [0.25, 0.3) is 0 Å². The quantitative estimate of drug-likeness (QED) is 0.764. The van der Waals surface area contributed by atoms with Gasteiger partial charge in [-0.05, 0) is 6.07 Å². The van der Waals surface area contributed by atoms with Crippen molar-refractivity contribution < 1.29 is 0 Å². The second-order valence-electron chi connectivity index (χ2n) is 2.63. The van der Waals surface area contributed by atoms with Crippen LogP contribution < -0.4 is 0 Å². The van der Waals surface area contributed by atoms with Crippen LogP contribution in [0.3, 0.4) is 0 Å². The lowest BCUT2D eigenvalue weighted by atomic mass is 10.3. The molecule has 2 rings (SSSR count). The molecule has 0 atom stereocenters. The summed E-state index contributed by atoms with van der Waals surface area (Å²) in [6.07, 6.45) is 8.12. The van der Waals surface area contributed by atoms with E-state index in [2.05, 4.69) is 21.0 Å². The van der Waals surface area contributed by atoms with Crippen LogP contribution in [0.4, 0.5) is 0 Å². The second-order valence-corrected chi connectivity index (χ2v) is 3.69. The molecule has 2 aromatic rings. The Bertz CT molecular complexity index is 492. The summed E-state index contributed by atoms with van der Waals surface area (Å²) in [5.74, 6) is 0. The van der Waals surface area contributed by atoms with Gasteiger partial charge in [-0.3, -0.25) is 9.97 Å². The highest BCUT2D eigenvalue weighted by Crippen LogP contribution is 2.26. The van der Waals surface area contributed by atoms with Crippen LogP contribution in [0.2, 0.25) is 0 Å². The van der Waals surface area contributed by atoms with Gasteiger partial charge in [0.05, 0.1) is 11.8 Å². The fourth-order valence-corrected chi connectivity index (χ4v) is 1.79. The Labute approximate surface area is 91.0 Å². The highest BCUT2D eigenvalue weighted by Gasteiger charge is 2.04. The summed E-state index contributed by atoms with van der Waals surface area (Å²) in [5.41, 5.74) is 0.598. The zero-order valence-electron chi connectivity index (χ0n) is 7.66. The average molecular weight is 214 g/mol. The first kappa shape index (κ1) is 9.62. The van der Waals surface area contributed by atoms with Gasteiger partial charge in [0, 0.05) is 29.7 Å². The molecule has 0 N–H and O–H groups in total. The molecule has 0 spiro atoms. The minimum atomic E-state index is 0.598. The van der Waals surface area contributed by atoms with Gasteiger partial charge in [0.15, 0.2) is 0 Å². The summed E-state index contributed by atoms with van der Waals surface area (Å²) in [6, 6.07) is 3.79. The Balaban J connectivity index is 2.29. The summed E-state index contributed by atoms with van der Waals surface area (Å²) in [7, 11) is 0. The third-order valence-corrected chi connectivity index (χ3v) is 2.62. The molecular formula is C10H6N4S. The number of rotatable bonds is 2. The third kappa shape index (κ3) is 2.30. The average Bonchev–Trinajstić information content (AvgIpc) is 2.31. The van der Waals surface area contributed by atoms with Crippen molar-refractivity contribution in [3.8, 4) is 6.07 Å². The summed E-state index contributed by atoms with van der Waals surface area (Å²) in [5, 5.41) is 9.62. The van der Waals surface area contributed by atoms with Crippen molar-refractivity contribution in [1.29, 1.82) is 5.26 Å². The van der Waals surface area contributed by atoms with E-state index in [1.54, 1.807) is 37.1 Å². The molecule has 0 radical (unpaired) electrons. The second kappa shape index (κ2) is 4.53. The number of hydrogen-bond acceptors (Lipinski definition) is 5. The first-order valence-corrected chi connectivity index (χ1v) is 5.00. The van der Waals surface area contributed by atoms with Gasteiger partial charge in [0.1, 0.15) is 11.1 Å². The standard InChI is InChI=1S/C10H6N4S/c11-5-8-1-2-12-6-9(8)15-10-7-13-3-4-14-10/h1-4,6-7H. The van der Waals surface area contributed by atoms with Gasteiger partial charge in [-0.25, -0.2) is 4.98 Å². The molecule has 0 bridgehead atoms. The lowest BCUT2D eigenvalue weighted by Crippen LogP contribution is -1.85. The molecule has 5 heteroatoms. The van der Waals surface area contributed by atoms with Crippen LogP contribution >= 0.6 is 11.8 Å². The van der Waals surface area contributed by atoms with Crippen molar-refractivity contribution in [3.63, 3.8) is 0 Å². The van der Waals surface area contributed by atoms with Gasteiger partial charge >= 0.3 is 0 Å². The SMILES string of the molecule is N#Cc1ccncc1Sc1cnccn1. The molecular weight excluding hydrogens is 208 g/mol. The summed E-state index contributed by atoms with van der Waals surface area (Å²) in [4.78, 5) is 12.8. The van der Waals surface area contributed by atoms with Gasteiger partial charge < -0.3 is 0 Å². The van der Waals surface area contributed by atoms with Crippen LogP contribution in [0.25, 0.3) is 0 Å². The van der Waals surface area contributed by atoms with Crippen LogP contribution in [-0.4, -0.2) is 15.0 Å². The molecule has 0 aromatic carbocycles. The maximum Gasteiger partial charge on any atom is 0.119 e. The maximum absolute atomic E-state index is 8.87. The van der Waals surface area contributed by atoms with Gasteiger partial charge in [-0.1, -0.05) is 11.8 Å². The highest BCUT2D eigenvalue weighted by molar-refractivity contribution is 7.99. The third-order valence-electron chi connectivity index (χ3n) is 1.66. The van der Waals surface area contributed by atoms with Crippen LogP contribution in [-0.2, 0) is 0 Å². The van der Waals surface area contributed by atoms with Gasteiger partial charge in [0.2, 0.25) is 0 Å². The Hall–Kier alpha value is -1.93. The number of aromatic nitrogens is 3.